The van der Waals surface area contributed by atoms with Crippen LogP contribution in [0.5, 0.6) is 0 Å². The molecule has 1 unspecified atom stereocenters. The highest BCUT2D eigenvalue weighted by atomic mass is 16.3. The lowest BCUT2D eigenvalue weighted by Gasteiger charge is -2.19. The summed E-state index contributed by atoms with van der Waals surface area (Å²) in [4.78, 5) is 2.19. The average molecular weight is 238 g/mol. The van der Waals surface area contributed by atoms with Crippen molar-refractivity contribution in [1.82, 2.24) is 19.7 Å². The molecule has 1 atom stereocenters. The van der Waals surface area contributed by atoms with E-state index in [0.29, 0.717) is 0 Å². The van der Waals surface area contributed by atoms with Crippen LogP contribution in [0.3, 0.4) is 0 Å². The second kappa shape index (κ2) is 5.60. The van der Waals surface area contributed by atoms with E-state index in [9.17, 15) is 5.11 Å². The van der Waals surface area contributed by atoms with Gasteiger partial charge in [-0.05, 0) is 33.2 Å². The molecule has 0 radical (unpaired) electrons. The van der Waals surface area contributed by atoms with Gasteiger partial charge in [-0.15, -0.1) is 10.2 Å². The van der Waals surface area contributed by atoms with Crippen LogP contribution >= 0.6 is 0 Å². The Morgan fingerprint density at radius 2 is 2.24 bits per heavy atom. The smallest absolute Gasteiger partial charge is 0.147 e. The lowest BCUT2D eigenvalue weighted by Crippen LogP contribution is -2.25. The van der Waals surface area contributed by atoms with Gasteiger partial charge in [0, 0.05) is 19.5 Å². The molecule has 0 spiro atoms. The molecule has 1 N–H and O–H groups in total. The summed E-state index contributed by atoms with van der Waals surface area (Å²) in [7, 11) is 2.06. The van der Waals surface area contributed by atoms with E-state index in [0.717, 1.165) is 44.1 Å². The van der Waals surface area contributed by atoms with Crippen LogP contribution in [-0.2, 0) is 19.5 Å². The van der Waals surface area contributed by atoms with Crippen molar-refractivity contribution in [2.45, 2.75) is 51.8 Å². The van der Waals surface area contributed by atoms with Gasteiger partial charge >= 0.3 is 0 Å². The molecule has 0 aliphatic carbocycles. The molecule has 96 valence electrons. The van der Waals surface area contributed by atoms with Crippen molar-refractivity contribution in [2.75, 3.05) is 13.6 Å². The van der Waals surface area contributed by atoms with Crippen LogP contribution in [0.15, 0.2) is 0 Å². The normalized spacial score (nSPS) is 17.2. The third kappa shape index (κ3) is 3.26. The average Bonchev–Trinajstić information content (AvgIpc) is 2.70. The number of aliphatic hydroxyl groups is 1. The van der Waals surface area contributed by atoms with Crippen LogP contribution in [0.2, 0.25) is 0 Å². The van der Waals surface area contributed by atoms with E-state index in [-0.39, 0.29) is 6.10 Å². The first-order valence-corrected chi connectivity index (χ1v) is 6.44. The molecule has 0 aromatic carbocycles. The molecule has 0 saturated heterocycles. The van der Waals surface area contributed by atoms with Gasteiger partial charge in [0.15, 0.2) is 0 Å². The zero-order valence-electron chi connectivity index (χ0n) is 10.8. The van der Waals surface area contributed by atoms with Crippen molar-refractivity contribution in [2.24, 2.45) is 0 Å². The summed E-state index contributed by atoms with van der Waals surface area (Å²) in [5, 5.41) is 17.8. The highest BCUT2D eigenvalue weighted by molar-refractivity contribution is 4.98. The van der Waals surface area contributed by atoms with Gasteiger partial charge in [-0.1, -0.05) is 0 Å². The van der Waals surface area contributed by atoms with Crippen LogP contribution in [0, 0.1) is 0 Å². The Balaban J connectivity index is 1.92. The summed E-state index contributed by atoms with van der Waals surface area (Å²) in [5.74, 6) is 2.20. The van der Waals surface area contributed by atoms with E-state index < -0.39 is 0 Å². The highest BCUT2D eigenvalue weighted by Gasteiger charge is 2.16. The van der Waals surface area contributed by atoms with Gasteiger partial charge in [0.1, 0.15) is 11.6 Å². The number of hydrogen-bond donors (Lipinski definition) is 1. The SMILES string of the molecule is CC(O)CCN(C)Cc1nnc2n1CCCC2. The fourth-order valence-corrected chi connectivity index (χ4v) is 2.21. The Hall–Kier alpha value is -0.940. The van der Waals surface area contributed by atoms with Gasteiger partial charge in [-0.2, -0.15) is 0 Å². The van der Waals surface area contributed by atoms with Crippen LogP contribution < -0.4 is 0 Å². The standard InChI is InChI=1S/C12H22N4O/c1-10(17)6-8-15(2)9-12-14-13-11-5-3-4-7-16(11)12/h10,17H,3-9H2,1-2H3. The van der Waals surface area contributed by atoms with E-state index in [4.69, 9.17) is 0 Å². The van der Waals surface area contributed by atoms with Crippen molar-refractivity contribution in [1.29, 1.82) is 0 Å². The summed E-state index contributed by atoms with van der Waals surface area (Å²) >= 11 is 0. The monoisotopic (exact) mass is 238 g/mol. The molecular weight excluding hydrogens is 216 g/mol. The first kappa shape index (κ1) is 12.5. The molecule has 0 bridgehead atoms. The molecule has 5 heteroatoms. The molecule has 5 nitrogen and oxygen atoms in total. The zero-order chi connectivity index (χ0) is 12.3. The summed E-state index contributed by atoms with van der Waals surface area (Å²) in [6.45, 7) is 4.59. The Morgan fingerprint density at radius 1 is 1.41 bits per heavy atom. The molecule has 0 amide bonds. The molecule has 1 aromatic rings. The molecule has 0 fully saturated rings. The number of aromatic nitrogens is 3. The third-order valence-corrected chi connectivity index (χ3v) is 3.28. The number of nitrogens with zero attached hydrogens (tertiary/aromatic N) is 4. The van der Waals surface area contributed by atoms with Gasteiger partial charge in [-0.25, -0.2) is 0 Å². The minimum absolute atomic E-state index is 0.232. The first-order chi connectivity index (χ1) is 8.16. The van der Waals surface area contributed by atoms with Crippen LogP contribution in [0.1, 0.15) is 37.8 Å². The Morgan fingerprint density at radius 3 is 3.00 bits per heavy atom. The first-order valence-electron chi connectivity index (χ1n) is 6.44. The van der Waals surface area contributed by atoms with Crippen molar-refractivity contribution < 1.29 is 5.11 Å². The minimum atomic E-state index is -0.232. The molecule has 2 heterocycles. The Kier molecular flexibility index (Phi) is 4.12. The second-order valence-corrected chi connectivity index (χ2v) is 5.02. The zero-order valence-corrected chi connectivity index (χ0v) is 10.8. The van der Waals surface area contributed by atoms with E-state index in [2.05, 4.69) is 26.7 Å². The number of fused-ring (bicyclic) bond motifs is 1. The Labute approximate surface area is 102 Å². The van der Waals surface area contributed by atoms with Crippen molar-refractivity contribution >= 4 is 0 Å². The summed E-state index contributed by atoms with van der Waals surface area (Å²) in [6, 6.07) is 0. The fraction of sp³-hybridized carbons (Fsp3) is 0.833. The van der Waals surface area contributed by atoms with Gasteiger partial charge in [0.05, 0.1) is 12.6 Å². The maximum absolute atomic E-state index is 9.26. The van der Waals surface area contributed by atoms with Crippen LogP contribution in [0.25, 0.3) is 0 Å². The molecule has 2 rings (SSSR count). The Bertz CT molecular complexity index is 361. The third-order valence-electron chi connectivity index (χ3n) is 3.28. The van der Waals surface area contributed by atoms with E-state index >= 15 is 0 Å². The highest BCUT2D eigenvalue weighted by Crippen LogP contribution is 2.15. The molecule has 1 aliphatic rings. The van der Waals surface area contributed by atoms with E-state index in [1.165, 1.54) is 12.8 Å². The molecule has 1 aromatic heterocycles. The maximum atomic E-state index is 9.26. The number of aliphatic hydroxyl groups excluding tert-OH is 1. The predicted octanol–water partition coefficient (Wildman–Crippen LogP) is 0.817. The quantitative estimate of drug-likeness (QED) is 0.825. The molecule has 1 aliphatic heterocycles. The van der Waals surface area contributed by atoms with E-state index in [1.54, 1.807) is 0 Å². The number of aryl methyl sites for hydroxylation is 1. The van der Waals surface area contributed by atoms with Gasteiger partial charge < -0.3 is 9.67 Å². The lowest BCUT2D eigenvalue weighted by molar-refractivity contribution is 0.161. The van der Waals surface area contributed by atoms with Crippen molar-refractivity contribution in [3.8, 4) is 0 Å². The molecule has 0 saturated carbocycles. The fourth-order valence-electron chi connectivity index (χ4n) is 2.21. The van der Waals surface area contributed by atoms with Gasteiger partial charge in [0.2, 0.25) is 0 Å². The number of rotatable bonds is 5. The topological polar surface area (TPSA) is 54.2 Å². The summed E-state index contributed by atoms with van der Waals surface area (Å²) in [6.07, 6.45) is 4.09. The maximum Gasteiger partial charge on any atom is 0.147 e. The summed E-state index contributed by atoms with van der Waals surface area (Å²) < 4.78 is 2.25. The second-order valence-electron chi connectivity index (χ2n) is 5.02. The lowest BCUT2D eigenvalue weighted by atomic mass is 10.1. The minimum Gasteiger partial charge on any atom is -0.393 e. The summed E-state index contributed by atoms with van der Waals surface area (Å²) in [5.41, 5.74) is 0. The molecule has 17 heavy (non-hydrogen) atoms. The molecular formula is C12H22N4O. The predicted molar refractivity (Wildman–Crippen MR) is 65.6 cm³/mol. The van der Waals surface area contributed by atoms with Crippen molar-refractivity contribution in [3.63, 3.8) is 0 Å². The van der Waals surface area contributed by atoms with Crippen molar-refractivity contribution in [3.05, 3.63) is 11.6 Å². The number of hydrogen-bond acceptors (Lipinski definition) is 4. The van der Waals surface area contributed by atoms with Crippen LogP contribution in [0.4, 0.5) is 0 Å². The van der Waals surface area contributed by atoms with E-state index in [1.807, 2.05) is 6.92 Å². The van der Waals surface area contributed by atoms with Gasteiger partial charge in [0.25, 0.3) is 0 Å². The largest absolute Gasteiger partial charge is 0.393 e. The van der Waals surface area contributed by atoms with Gasteiger partial charge in [-0.3, -0.25) is 4.90 Å². The van der Waals surface area contributed by atoms with Crippen LogP contribution in [-0.4, -0.2) is 44.5 Å².